The lowest BCUT2D eigenvalue weighted by Crippen LogP contribution is -2.32. The molecule has 18 heavy (non-hydrogen) atoms. The monoisotopic (exact) mass is 261 g/mol. The molecule has 1 rings (SSSR count). The fraction of sp³-hybridized carbons (Fsp3) is 0.538. The first kappa shape index (κ1) is 15.0. The maximum absolute atomic E-state index is 12.5. The van der Waals surface area contributed by atoms with Gasteiger partial charge in [0.05, 0.1) is 12.5 Å². The van der Waals surface area contributed by atoms with Gasteiger partial charge in [0.15, 0.2) is 0 Å². The Bertz CT molecular complexity index is 340. The molecule has 2 unspecified atom stereocenters. The number of nitrogens with one attached hydrogen (secondary N) is 1. The van der Waals surface area contributed by atoms with Crippen LogP contribution in [-0.4, -0.2) is 25.9 Å². The molecule has 5 heteroatoms. The van der Waals surface area contributed by atoms with E-state index in [1.807, 2.05) is 6.92 Å². The molecule has 0 amide bonds. The second-order valence-corrected chi connectivity index (χ2v) is 4.24. The second kappa shape index (κ2) is 6.75. The summed E-state index contributed by atoms with van der Waals surface area (Å²) >= 11 is 0. The molecule has 2 nitrogen and oxygen atoms in total. The zero-order valence-electron chi connectivity index (χ0n) is 10.5. The Morgan fingerprint density at radius 1 is 1.22 bits per heavy atom. The molecule has 1 N–H and O–H groups in total. The van der Waals surface area contributed by atoms with Crippen LogP contribution >= 0.6 is 0 Å². The van der Waals surface area contributed by atoms with Crippen LogP contribution in [0.5, 0.6) is 0 Å². The first-order chi connectivity index (χ1) is 8.42. The van der Waals surface area contributed by atoms with E-state index in [1.54, 1.807) is 30.3 Å². The van der Waals surface area contributed by atoms with Gasteiger partial charge < -0.3 is 10.1 Å². The van der Waals surface area contributed by atoms with E-state index in [4.69, 9.17) is 4.74 Å². The molecule has 0 aliphatic rings. The highest BCUT2D eigenvalue weighted by molar-refractivity contribution is 5.19. The van der Waals surface area contributed by atoms with Crippen molar-refractivity contribution in [3.63, 3.8) is 0 Å². The van der Waals surface area contributed by atoms with Gasteiger partial charge in [-0.15, -0.1) is 0 Å². The van der Waals surface area contributed by atoms with Gasteiger partial charge in [-0.2, -0.15) is 13.2 Å². The van der Waals surface area contributed by atoms with Crippen molar-refractivity contribution in [1.29, 1.82) is 0 Å². The van der Waals surface area contributed by atoms with Crippen molar-refractivity contribution >= 4 is 0 Å². The summed E-state index contributed by atoms with van der Waals surface area (Å²) in [6.07, 6.45) is -5.19. The molecule has 0 saturated carbocycles. The van der Waals surface area contributed by atoms with Gasteiger partial charge in [0.2, 0.25) is 0 Å². The molecule has 0 aromatic heterocycles. The maximum Gasteiger partial charge on any atom is 0.390 e. The zero-order chi connectivity index (χ0) is 13.6. The minimum atomic E-state index is -4.19. The summed E-state index contributed by atoms with van der Waals surface area (Å²) in [5.74, 6) is 0. The molecule has 102 valence electrons. The van der Waals surface area contributed by atoms with Gasteiger partial charge in [-0.1, -0.05) is 30.3 Å². The van der Waals surface area contributed by atoms with E-state index in [1.165, 1.54) is 7.11 Å². The molecule has 0 fully saturated rings. The summed E-state index contributed by atoms with van der Waals surface area (Å²) in [6, 6.07) is 7.91. The molecular weight excluding hydrogens is 243 g/mol. The molecule has 0 aliphatic carbocycles. The smallest absolute Gasteiger partial charge is 0.380 e. The average Bonchev–Trinajstić information content (AvgIpc) is 2.33. The molecule has 0 heterocycles. The standard InChI is InChI=1S/C13H18F3NO/c1-10(18-2)9-17-12(8-13(14,15)16)11-6-4-3-5-7-11/h3-7,10,12,17H,8-9H2,1-2H3. The largest absolute Gasteiger partial charge is 0.390 e. The Morgan fingerprint density at radius 2 is 1.83 bits per heavy atom. The lowest BCUT2D eigenvalue weighted by molar-refractivity contribution is -0.140. The highest BCUT2D eigenvalue weighted by Gasteiger charge is 2.32. The number of methoxy groups -OCH3 is 1. The van der Waals surface area contributed by atoms with Crippen molar-refractivity contribution in [2.75, 3.05) is 13.7 Å². The van der Waals surface area contributed by atoms with Gasteiger partial charge in [-0.25, -0.2) is 0 Å². The van der Waals surface area contributed by atoms with Crippen LogP contribution in [0.2, 0.25) is 0 Å². The number of alkyl halides is 3. The zero-order valence-corrected chi connectivity index (χ0v) is 10.5. The van der Waals surface area contributed by atoms with Crippen molar-refractivity contribution in [2.24, 2.45) is 0 Å². The van der Waals surface area contributed by atoms with Crippen molar-refractivity contribution in [3.05, 3.63) is 35.9 Å². The van der Waals surface area contributed by atoms with Gasteiger partial charge >= 0.3 is 6.18 Å². The highest BCUT2D eigenvalue weighted by atomic mass is 19.4. The number of benzene rings is 1. The Kier molecular flexibility index (Phi) is 5.62. The highest BCUT2D eigenvalue weighted by Crippen LogP contribution is 2.29. The van der Waals surface area contributed by atoms with Crippen molar-refractivity contribution < 1.29 is 17.9 Å². The van der Waals surface area contributed by atoms with Crippen LogP contribution in [-0.2, 0) is 4.74 Å². The fourth-order valence-corrected chi connectivity index (χ4v) is 1.62. The van der Waals surface area contributed by atoms with Crippen LogP contribution in [0.4, 0.5) is 13.2 Å². The molecule has 0 radical (unpaired) electrons. The number of hydrogen-bond donors (Lipinski definition) is 1. The predicted octanol–water partition coefficient (Wildman–Crippen LogP) is 3.30. The van der Waals surface area contributed by atoms with E-state index in [0.29, 0.717) is 12.1 Å². The number of ether oxygens (including phenoxy) is 1. The molecule has 0 aliphatic heterocycles. The third kappa shape index (κ3) is 5.51. The van der Waals surface area contributed by atoms with Gasteiger partial charge in [-0.3, -0.25) is 0 Å². The summed E-state index contributed by atoms with van der Waals surface area (Å²) < 4.78 is 42.6. The van der Waals surface area contributed by atoms with Crippen LogP contribution < -0.4 is 5.32 Å². The summed E-state index contributed by atoms with van der Waals surface area (Å²) in [5.41, 5.74) is 0.637. The Balaban J connectivity index is 2.70. The average molecular weight is 261 g/mol. The first-order valence-electron chi connectivity index (χ1n) is 5.80. The van der Waals surface area contributed by atoms with Gasteiger partial charge in [0.25, 0.3) is 0 Å². The summed E-state index contributed by atoms with van der Waals surface area (Å²) in [6.45, 7) is 2.19. The maximum atomic E-state index is 12.5. The molecule has 0 spiro atoms. The fourth-order valence-electron chi connectivity index (χ4n) is 1.62. The van der Waals surface area contributed by atoms with E-state index in [0.717, 1.165) is 0 Å². The lowest BCUT2D eigenvalue weighted by atomic mass is 10.0. The van der Waals surface area contributed by atoms with Crippen LogP contribution in [0.25, 0.3) is 0 Å². The van der Waals surface area contributed by atoms with Crippen LogP contribution in [0.1, 0.15) is 24.9 Å². The van der Waals surface area contributed by atoms with E-state index in [9.17, 15) is 13.2 Å². The lowest BCUT2D eigenvalue weighted by Gasteiger charge is -2.22. The summed E-state index contributed by atoms with van der Waals surface area (Å²) in [5, 5.41) is 2.90. The molecule has 2 atom stereocenters. The normalized spacial score (nSPS) is 15.4. The quantitative estimate of drug-likeness (QED) is 0.848. The second-order valence-electron chi connectivity index (χ2n) is 4.24. The Hall–Kier alpha value is -1.07. The summed E-state index contributed by atoms with van der Waals surface area (Å²) in [4.78, 5) is 0. The molecule has 0 bridgehead atoms. The third-order valence-corrected chi connectivity index (χ3v) is 2.69. The molecule has 1 aromatic carbocycles. The molecule has 1 aromatic rings. The number of halogens is 3. The van der Waals surface area contributed by atoms with Crippen molar-refractivity contribution in [3.8, 4) is 0 Å². The van der Waals surface area contributed by atoms with E-state index in [-0.39, 0.29) is 6.10 Å². The predicted molar refractivity (Wildman–Crippen MR) is 64.3 cm³/mol. The molecular formula is C13H18F3NO. The van der Waals surface area contributed by atoms with E-state index >= 15 is 0 Å². The third-order valence-electron chi connectivity index (χ3n) is 2.69. The van der Waals surface area contributed by atoms with Crippen molar-refractivity contribution in [1.82, 2.24) is 5.32 Å². The SMILES string of the molecule is COC(C)CNC(CC(F)(F)F)c1ccccc1. The van der Waals surface area contributed by atoms with Crippen molar-refractivity contribution in [2.45, 2.75) is 31.7 Å². The summed E-state index contributed by atoms with van der Waals surface area (Å²) in [7, 11) is 1.54. The first-order valence-corrected chi connectivity index (χ1v) is 5.80. The van der Waals surface area contributed by atoms with E-state index in [2.05, 4.69) is 5.32 Å². The van der Waals surface area contributed by atoms with Crippen LogP contribution in [0.3, 0.4) is 0 Å². The van der Waals surface area contributed by atoms with Crippen LogP contribution in [0, 0.1) is 0 Å². The molecule has 0 saturated heterocycles. The Morgan fingerprint density at radius 3 is 2.33 bits per heavy atom. The number of hydrogen-bond acceptors (Lipinski definition) is 2. The van der Waals surface area contributed by atoms with E-state index < -0.39 is 18.6 Å². The van der Waals surface area contributed by atoms with Crippen LogP contribution in [0.15, 0.2) is 30.3 Å². The Labute approximate surface area is 105 Å². The number of rotatable bonds is 6. The minimum absolute atomic E-state index is 0.121. The van der Waals surface area contributed by atoms with Gasteiger partial charge in [0, 0.05) is 19.7 Å². The van der Waals surface area contributed by atoms with Gasteiger partial charge in [0.1, 0.15) is 0 Å². The van der Waals surface area contributed by atoms with Gasteiger partial charge in [-0.05, 0) is 12.5 Å². The topological polar surface area (TPSA) is 21.3 Å². The minimum Gasteiger partial charge on any atom is -0.380 e.